The highest BCUT2D eigenvalue weighted by Crippen LogP contribution is 2.31. The van der Waals surface area contributed by atoms with Crippen molar-refractivity contribution in [3.8, 4) is 11.4 Å². The van der Waals surface area contributed by atoms with Gasteiger partial charge in [0.1, 0.15) is 17.6 Å². The van der Waals surface area contributed by atoms with Crippen LogP contribution in [-0.2, 0) is 6.54 Å². The molecule has 2 N–H and O–H groups in total. The Morgan fingerprint density at radius 1 is 0.857 bits per heavy atom. The SMILES string of the molecule is [Cl-].c1ccc(-c2nc([NH2+]Cc3cccnc3)c3oc4ccccc4c3n2)cc1. The van der Waals surface area contributed by atoms with Crippen LogP contribution in [0.3, 0.4) is 0 Å². The fraction of sp³-hybridized carbons (Fsp3) is 0.0455. The van der Waals surface area contributed by atoms with Crippen LogP contribution in [0.5, 0.6) is 0 Å². The molecule has 0 aliphatic heterocycles. The molecule has 6 heteroatoms. The monoisotopic (exact) mass is 388 g/mol. The van der Waals surface area contributed by atoms with Crippen molar-refractivity contribution in [3.05, 3.63) is 84.7 Å². The van der Waals surface area contributed by atoms with E-state index in [1.165, 1.54) is 0 Å². The van der Waals surface area contributed by atoms with Gasteiger partial charge in [-0.2, -0.15) is 4.98 Å². The average Bonchev–Trinajstić information content (AvgIpc) is 3.12. The molecule has 3 heterocycles. The van der Waals surface area contributed by atoms with Crippen LogP contribution in [0, 0.1) is 0 Å². The largest absolute Gasteiger partial charge is 1.00 e. The molecule has 138 valence electrons. The quantitative estimate of drug-likeness (QED) is 0.495. The zero-order chi connectivity index (χ0) is 18.1. The standard InChI is InChI=1S/C22H16N4O.ClH/c1-2-8-16(9-3-1)21-25-19-17-10-4-5-11-18(17)27-20(19)22(26-21)24-14-15-7-6-12-23-13-15;/h1-13H,14H2,(H,24,25,26);1H. The molecule has 0 saturated carbocycles. The number of furan rings is 1. The predicted octanol–water partition coefficient (Wildman–Crippen LogP) is 0.837. The van der Waals surface area contributed by atoms with E-state index in [1.807, 2.05) is 66.9 Å². The van der Waals surface area contributed by atoms with Crippen LogP contribution < -0.4 is 17.7 Å². The highest BCUT2D eigenvalue weighted by atomic mass is 35.5. The van der Waals surface area contributed by atoms with Crippen molar-refractivity contribution in [2.45, 2.75) is 6.54 Å². The van der Waals surface area contributed by atoms with Crippen LogP contribution in [0.15, 0.2) is 83.5 Å². The number of halogens is 1. The molecule has 0 saturated heterocycles. The molecule has 5 rings (SSSR count). The Morgan fingerprint density at radius 2 is 1.68 bits per heavy atom. The molecule has 0 atom stereocenters. The number of hydrogen-bond acceptors (Lipinski definition) is 4. The molecular weight excluding hydrogens is 372 g/mol. The van der Waals surface area contributed by atoms with E-state index in [9.17, 15) is 0 Å². The van der Waals surface area contributed by atoms with Crippen molar-refractivity contribution in [2.24, 2.45) is 0 Å². The minimum Gasteiger partial charge on any atom is -1.00 e. The van der Waals surface area contributed by atoms with Gasteiger partial charge in [0.15, 0.2) is 5.82 Å². The Hall–Kier alpha value is -3.28. The van der Waals surface area contributed by atoms with Gasteiger partial charge in [-0.25, -0.2) is 4.98 Å². The second kappa shape index (κ2) is 7.76. The zero-order valence-electron chi connectivity index (χ0n) is 14.9. The van der Waals surface area contributed by atoms with Gasteiger partial charge in [0.05, 0.1) is 0 Å². The van der Waals surface area contributed by atoms with Gasteiger partial charge in [-0.15, -0.1) is 0 Å². The van der Waals surface area contributed by atoms with Crippen molar-refractivity contribution in [3.63, 3.8) is 0 Å². The molecule has 5 aromatic rings. The summed E-state index contributed by atoms with van der Waals surface area (Å²) in [5, 5.41) is 3.08. The Kier molecular flexibility index (Phi) is 5.02. The van der Waals surface area contributed by atoms with Crippen molar-refractivity contribution in [2.75, 3.05) is 0 Å². The smallest absolute Gasteiger partial charge is 0.272 e. The summed E-state index contributed by atoms with van der Waals surface area (Å²) in [5.41, 5.74) is 4.50. The lowest BCUT2D eigenvalue weighted by atomic mass is 10.2. The zero-order valence-corrected chi connectivity index (χ0v) is 15.7. The van der Waals surface area contributed by atoms with E-state index in [0.29, 0.717) is 5.82 Å². The van der Waals surface area contributed by atoms with Crippen LogP contribution >= 0.6 is 0 Å². The van der Waals surface area contributed by atoms with Crippen molar-refractivity contribution in [1.29, 1.82) is 0 Å². The maximum atomic E-state index is 6.09. The van der Waals surface area contributed by atoms with Crippen LogP contribution in [0.1, 0.15) is 5.56 Å². The van der Waals surface area contributed by atoms with Gasteiger partial charge >= 0.3 is 0 Å². The molecule has 2 aromatic carbocycles. The lowest BCUT2D eigenvalue weighted by molar-refractivity contribution is -0.591. The molecule has 0 spiro atoms. The third-order valence-electron chi connectivity index (χ3n) is 4.53. The van der Waals surface area contributed by atoms with Crippen LogP contribution in [-0.4, -0.2) is 15.0 Å². The highest BCUT2D eigenvalue weighted by molar-refractivity contribution is 6.05. The van der Waals surface area contributed by atoms with E-state index in [4.69, 9.17) is 14.4 Å². The molecule has 28 heavy (non-hydrogen) atoms. The second-order valence-corrected chi connectivity index (χ2v) is 6.34. The number of nitrogens with zero attached hydrogens (tertiary/aromatic N) is 3. The van der Waals surface area contributed by atoms with E-state index in [-0.39, 0.29) is 12.4 Å². The lowest BCUT2D eigenvalue weighted by Crippen LogP contribution is -3.00. The molecule has 3 aromatic heterocycles. The van der Waals surface area contributed by atoms with Gasteiger partial charge < -0.3 is 16.8 Å². The number of fused-ring (bicyclic) bond motifs is 3. The Balaban J connectivity index is 0.00000192. The summed E-state index contributed by atoms with van der Waals surface area (Å²) in [7, 11) is 0. The number of benzene rings is 2. The van der Waals surface area contributed by atoms with Gasteiger partial charge in [-0.05, 0) is 18.2 Å². The fourth-order valence-corrected chi connectivity index (χ4v) is 3.20. The van der Waals surface area contributed by atoms with Crippen molar-refractivity contribution in [1.82, 2.24) is 15.0 Å². The van der Waals surface area contributed by atoms with E-state index in [2.05, 4.69) is 16.4 Å². The number of para-hydroxylation sites is 1. The number of quaternary nitrogens is 1. The summed E-state index contributed by atoms with van der Waals surface area (Å²) >= 11 is 0. The third kappa shape index (κ3) is 3.33. The summed E-state index contributed by atoms with van der Waals surface area (Å²) in [6, 6.07) is 22.0. The molecule has 0 radical (unpaired) electrons. The van der Waals surface area contributed by atoms with E-state index >= 15 is 0 Å². The summed E-state index contributed by atoms with van der Waals surface area (Å²) < 4.78 is 6.09. The van der Waals surface area contributed by atoms with Gasteiger partial charge in [0.2, 0.25) is 5.58 Å². The van der Waals surface area contributed by atoms with Gasteiger partial charge in [-0.3, -0.25) is 10.3 Å². The van der Waals surface area contributed by atoms with Gasteiger partial charge in [0, 0.05) is 28.9 Å². The molecule has 0 bridgehead atoms. The van der Waals surface area contributed by atoms with E-state index in [0.717, 1.165) is 45.6 Å². The first kappa shape index (κ1) is 18.1. The molecule has 0 amide bonds. The van der Waals surface area contributed by atoms with Gasteiger partial charge in [0.25, 0.3) is 5.82 Å². The average molecular weight is 389 g/mol. The van der Waals surface area contributed by atoms with Gasteiger partial charge in [-0.1, -0.05) is 48.5 Å². The first-order chi connectivity index (χ1) is 13.4. The molecule has 5 nitrogen and oxygen atoms in total. The number of aromatic nitrogens is 3. The maximum Gasteiger partial charge on any atom is 0.272 e. The van der Waals surface area contributed by atoms with Crippen LogP contribution in [0.2, 0.25) is 0 Å². The molecule has 0 aliphatic carbocycles. The number of pyridine rings is 1. The Morgan fingerprint density at radius 3 is 2.50 bits per heavy atom. The second-order valence-electron chi connectivity index (χ2n) is 6.34. The van der Waals surface area contributed by atoms with Crippen molar-refractivity contribution >= 4 is 27.9 Å². The number of hydrogen-bond donors (Lipinski definition) is 1. The van der Waals surface area contributed by atoms with Crippen LogP contribution in [0.4, 0.5) is 5.82 Å². The molecule has 0 aliphatic rings. The van der Waals surface area contributed by atoms with Crippen LogP contribution in [0.25, 0.3) is 33.5 Å². The Labute approximate surface area is 167 Å². The summed E-state index contributed by atoms with van der Waals surface area (Å²) in [6.07, 6.45) is 3.64. The molecule has 0 unspecified atom stereocenters. The summed E-state index contributed by atoms with van der Waals surface area (Å²) in [6.45, 7) is 0.727. The highest BCUT2D eigenvalue weighted by Gasteiger charge is 2.19. The predicted molar refractivity (Wildman–Crippen MR) is 104 cm³/mol. The lowest BCUT2D eigenvalue weighted by Gasteiger charge is -2.04. The van der Waals surface area contributed by atoms with E-state index in [1.54, 1.807) is 6.20 Å². The minimum absolute atomic E-state index is 0. The summed E-state index contributed by atoms with van der Waals surface area (Å²) in [5.74, 6) is 1.51. The van der Waals surface area contributed by atoms with Crippen molar-refractivity contribution < 1.29 is 22.1 Å². The first-order valence-corrected chi connectivity index (χ1v) is 8.85. The normalized spacial score (nSPS) is 10.9. The van der Waals surface area contributed by atoms with E-state index < -0.39 is 0 Å². The Bertz CT molecular complexity index is 1220. The number of rotatable bonds is 4. The minimum atomic E-state index is 0. The summed E-state index contributed by atoms with van der Waals surface area (Å²) in [4.78, 5) is 13.8. The maximum absolute atomic E-state index is 6.09. The molecule has 0 fully saturated rings. The number of nitrogens with two attached hydrogens (primary N) is 1. The topological polar surface area (TPSA) is 68.4 Å². The first-order valence-electron chi connectivity index (χ1n) is 8.85. The fourth-order valence-electron chi connectivity index (χ4n) is 3.20. The third-order valence-corrected chi connectivity index (χ3v) is 4.53. The molecular formula is C22H17ClN4O.